The summed E-state index contributed by atoms with van der Waals surface area (Å²) in [5.74, 6) is 0.744. The Morgan fingerprint density at radius 3 is 2.89 bits per heavy atom. The Bertz CT molecular complexity index is 1050. The molecule has 2 saturated heterocycles. The zero-order valence-electron chi connectivity index (χ0n) is 15.7. The molecule has 0 aliphatic carbocycles. The van der Waals surface area contributed by atoms with Crippen LogP contribution in [0.4, 0.5) is 0 Å². The summed E-state index contributed by atoms with van der Waals surface area (Å²) in [5, 5.41) is 5.24. The number of fused-ring (bicyclic) bond motifs is 3. The van der Waals surface area contributed by atoms with Gasteiger partial charge < -0.3 is 14.8 Å². The zero-order valence-corrected chi connectivity index (χ0v) is 15.7. The average Bonchev–Trinajstić information content (AvgIpc) is 3.36. The number of pyridine rings is 1. The quantitative estimate of drug-likeness (QED) is 0.751. The highest BCUT2D eigenvalue weighted by Crippen LogP contribution is 2.36. The summed E-state index contributed by atoms with van der Waals surface area (Å²) in [4.78, 5) is 17.0. The van der Waals surface area contributed by atoms with E-state index in [0.717, 1.165) is 46.9 Å². The molecule has 28 heavy (non-hydrogen) atoms. The number of aromatic nitrogens is 1. The number of benzene rings is 2. The summed E-state index contributed by atoms with van der Waals surface area (Å²) < 4.78 is 11.3. The zero-order chi connectivity index (χ0) is 19.1. The van der Waals surface area contributed by atoms with E-state index in [9.17, 15) is 4.79 Å². The molecule has 1 amide bonds. The van der Waals surface area contributed by atoms with E-state index in [4.69, 9.17) is 9.47 Å². The van der Waals surface area contributed by atoms with Gasteiger partial charge in [0.2, 0.25) is 0 Å². The second-order valence-corrected chi connectivity index (χ2v) is 7.51. The predicted octanol–water partition coefficient (Wildman–Crippen LogP) is 3.96. The van der Waals surface area contributed by atoms with Crippen LogP contribution in [0, 0.1) is 0 Å². The third-order valence-electron chi connectivity index (χ3n) is 5.86. The highest BCUT2D eigenvalue weighted by molar-refractivity contribution is 6.03. The molecule has 0 spiro atoms. The summed E-state index contributed by atoms with van der Waals surface area (Å²) >= 11 is 0. The maximum atomic E-state index is 12.8. The van der Waals surface area contributed by atoms with Gasteiger partial charge in [0.25, 0.3) is 5.91 Å². The predicted molar refractivity (Wildman–Crippen MR) is 107 cm³/mol. The summed E-state index contributed by atoms with van der Waals surface area (Å²) in [5.41, 5.74) is 2.65. The topological polar surface area (TPSA) is 60.5 Å². The minimum atomic E-state index is -0.0348. The number of carbonyl (C=O) groups excluding carboxylic acids is 1. The number of hydrogen-bond donors (Lipinski definition) is 1. The fourth-order valence-corrected chi connectivity index (χ4v) is 4.46. The average molecular weight is 374 g/mol. The normalized spacial score (nSPS) is 23.1. The van der Waals surface area contributed by atoms with Crippen LogP contribution in [0.3, 0.4) is 0 Å². The van der Waals surface area contributed by atoms with E-state index < -0.39 is 0 Å². The smallest absolute Gasteiger partial charge is 0.251 e. The Morgan fingerprint density at radius 1 is 1.18 bits per heavy atom. The van der Waals surface area contributed by atoms with E-state index in [1.165, 1.54) is 0 Å². The van der Waals surface area contributed by atoms with E-state index in [1.54, 1.807) is 13.3 Å². The van der Waals surface area contributed by atoms with Crippen LogP contribution in [0.2, 0.25) is 0 Å². The Morgan fingerprint density at radius 2 is 2.11 bits per heavy atom. The molecular weight excluding hydrogens is 352 g/mol. The SMILES string of the molecule is COc1ccncc1-c1cccc2cc(C(=O)N[C@@H]3C[C@@H]4CC[C@H]3O4)ccc12. The molecule has 5 heteroatoms. The fraction of sp³-hybridized carbons (Fsp3) is 0.304. The van der Waals surface area contributed by atoms with Crippen LogP contribution in [0.1, 0.15) is 29.6 Å². The van der Waals surface area contributed by atoms with E-state index in [1.807, 2.05) is 48.7 Å². The number of rotatable bonds is 4. The molecule has 0 saturated carbocycles. The molecule has 1 aromatic heterocycles. The highest BCUT2D eigenvalue weighted by atomic mass is 16.5. The number of methoxy groups -OCH3 is 1. The Hall–Kier alpha value is -2.92. The molecule has 5 nitrogen and oxygen atoms in total. The molecule has 2 aromatic carbocycles. The first kappa shape index (κ1) is 17.2. The summed E-state index contributed by atoms with van der Waals surface area (Å²) in [7, 11) is 1.66. The molecule has 2 bridgehead atoms. The van der Waals surface area contributed by atoms with Crippen molar-refractivity contribution < 1.29 is 14.3 Å². The third kappa shape index (κ3) is 2.92. The number of nitrogens with one attached hydrogen (secondary N) is 1. The van der Waals surface area contributed by atoms with Crippen LogP contribution < -0.4 is 10.1 Å². The maximum absolute atomic E-state index is 12.8. The van der Waals surface area contributed by atoms with Gasteiger partial charge >= 0.3 is 0 Å². The second kappa shape index (κ2) is 6.91. The monoisotopic (exact) mass is 374 g/mol. The Labute approximate surface area is 163 Å². The number of nitrogens with zero attached hydrogens (tertiary/aromatic N) is 1. The summed E-state index contributed by atoms with van der Waals surface area (Å²) in [6, 6.07) is 13.9. The standard InChI is InChI=1S/C23H22N2O3/c1-27-21-9-10-24-13-19(21)18-4-2-3-14-11-15(5-7-17(14)18)23(26)25-20-12-16-6-8-22(20)28-16/h2-5,7,9-11,13,16,20,22H,6,8,12H2,1H3,(H,25,26)/t16-,20+,22+/m0/s1. The lowest BCUT2D eigenvalue weighted by Gasteiger charge is -2.20. The van der Waals surface area contributed by atoms with Crippen molar-refractivity contribution in [2.45, 2.75) is 37.5 Å². The molecule has 3 atom stereocenters. The first-order valence-electron chi connectivity index (χ1n) is 9.70. The van der Waals surface area contributed by atoms with Gasteiger partial charge in [-0.25, -0.2) is 0 Å². The molecule has 0 unspecified atom stereocenters. The van der Waals surface area contributed by atoms with Crippen LogP contribution in [0.15, 0.2) is 54.9 Å². The third-order valence-corrected chi connectivity index (χ3v) is 5.86. The lowest BCUT2D eigenvalue weighted by Crippen LogP contribution is -2.41. The van der Waals surface area contributed by atoms with Gasteiger partial charge in [0.15, 0.2) is 0 Å². The molecule has 3 aromatic rings. The first-order valence-corrected chi connectivity index (χ1v) is 9.70. The number of carbonyl (C=O) groups is 1. The van der Waals surface area contributed by atoms with E-state index >= 15 is 0 Å². The molecule has 0 radical (unpaired) electrons. The van der Waals surface area contributed by atoms with Gasteiger partial charge in [0.05, 0.1) is 25.4 Å². The van der Waals surface area contributed by atoms with Crippen molar-refractivity contribution in [1.29, 1.82) is 0 Å². The number of amides is 1. The van der Waals surface area contributed by atoms with E-state index in [-0.39, 0.29) is 18.1 Å². The fourth-order valence-electron chi connectivity index (χ4n) is 4.46. The molecule has 3 heterocycles. The molecule has 142 valence electrons. The number of hydrogen-bond acceptors (Lipinski definition) is 4. The summed E-state index contributed by atoms with van der Waals surface area (Å²) in [6.07, 6.45) is 7.12. The van der Waals surface area contributed by atoms with Crippen molar-refractivity contribution in [3.63, 3.8) is 0 Å². The second-order valence-electron chi connectivity index (χ2n) is 7.51. The van der Waals surface area contributed by atoms with Crippen molar-refractivity contribution in [3.8, 4) is 16.9 Å². The van der Waals surface area contributed by atoms with Crippen LogP contribution >= 0.6 is 0 Å². The Kier molecular flexibility index (Phi) is 4.24. The van der Waals surface area contributed by atoms with Crippen molar-refractivity contribution >= 4 is 16.7 Å². The first-order chi connectivity index (χ1) is 13.7. The van der Waals surface area contributed by atoms with Crippen molar-refractivity contribution in [2.24, 2.45) is 0 Å². The van der Waals surface area contributed by atoms with Crippen LogP contribution in [-0.4, -0.2) is 36.3 Å². The van der Waals surface area contributed by atoms with Gasteiger partial charge in [-0.1, -0.05) is 24.3 Å². The Balaban J connectivity index is 1.46. The van der Waals surface area contributed by atoms with Gasteiger partial charge in [-0.05, 0) is 53.8 Å². The van der Waals surface area contributed by atoms with Crippen molar-refractivity contribution in [2.75, 3.05) is 7.11 Å². The van der Waals surface area contributed by atoms with Gasteiger partial charge in [-0.3, -0.25) is 9.78 Å². The molecular formula is C23H22N2O3. The van der Waals surface area contributed by atoms with Crippen LogP contribution in [-0.2, 0) is 4.74 Å². The molecule has 1 N–H and O–H groups in total. The van der Waals surface area contributed by atoms with Gasteiger partial charge in [0.1, 0.15) is 5.75 Å². The molecule has 2 fully saturated rings. The molecule has 2 aliphatic heterocycles. The van der Waals surface area contributed by atoms with Gasteiger partial charge in [0, 0.05) is 23.5 Å². The number of ether oxygens (including phenoxy) is 2. The largest absolute Gasteiger partial charge is 0.496 e. The molecule has 5 rings (SSSR count). The lowest BCUT2D eigenvalue weighted by atomic mass is 9.94. The summed E-state index contributed by atoms with van der Waals surface area (Å²) in [6.45, 7) is 0. The minimum Gasteiger partial charge on any atom is -0.496 e. The molecule has 2 aliphatic rings. The van der Waals surface area contributed by atoms with Crippen LogP contribution in [0.5, 0.6) is 5.75 Å². The highest BCUT2D eigenvalue weighted by Gasteiger charge is 2.41. The van der Waals surface area contributed by atoms with Gasteiger partial charge in [-0.2, -0.15) is 0 Å². The lowest BCUT2D eigenvalue weighted by molar-refractivity contribution is 0.0841. The van der Waals surface area contributed by atoms with E-state index in [0.29, 0.717) is 11.7 Å². The van der Waals surface area contributed by atoms with Crippen molar-refractivity contribution in [1.82, 2.24) is 10.3 Å². The maximum Gasteiger partial charge on any atom is 0.251 e. The van der Waals surface area contributed by atoms with E-state index in [2.05, 4.69) is 10.3 Å². The van der Waals surface area contributed by atoms with Gasteiger partial charge in [-0.15, -0.1) is 0 Å². The van der Waals surface area contributed by atoms with Crippen molar-refractivity contribution in [3.05, 3.63) is 60.4 Å². The minimum absolute atomic E-state index is 0.0348. The van der Waals surface area contributed by atoms with Crippen LogP contribution in [0.25, 0.3) is 21.9 Å².